The Bertz CT molecular complexity index is 788. The number of fused-ring (bicyclic) bond motifs is 1. The van der Waals surface area contributed by atoms with Gasteiger partial charge in [-0.1, -0.05) is 28.1 Å². The molecular formula is C16H15BrN4. The van der Waals surface area contributed by atoms with Crippen molar-refractivity contribution in [2.75, 3.05) is 5.73 Å². The topological polar surface area (TPSA) is 77.0 Å². The van der Waals surface area contributed by atoms with E-state index in [1.165, 1.54) is 0 Å². The number of hydrazine groups is 1. The molecule has 0 aliphatic heterocycles. The third-order valence-electron chi connectivity index (χ3n) is 3.49. The van der Waals surface area contributed by atoms with Crippen LogP contribution in [-0.4, -0.2) is 4.98 Å². The molecule has 3 aromatic rings. The van der Waals surface area contributed by atoms with Crippen molar-refractivity contribution in [3.05, 3.63) is 70.3 Å². The molecule has 21 heavy (non-hydrogen) atoms. The highest BCUT2D eigenvalue weighted by molar-refractivity contribution is 9.10. The molecule has 0 aliphatic rings. The average Bonchev–Trinajstić information content (AvgIpc) is 2.51. The van der Waals surface area contributed by atoms with Gasteiger partial charge in [0.15, 0.2) is 0 Å². The summed E-state index contributed by atoms with van der Waals surface area (Å²) in [6, 6.07) is 15.6. The lowest BCUT2D eigenvalue weighted by molar-refractivity contribution is 0.639. The molecule has 3 rings (SSSR count). The van der Waals surface area contributed by atoms with Crippen molar-refractivity contribution < 1.29 is 0 Å². The molecule has 4 nitrogen and oxygen atoms in total. The third-order valence-corrected chi connectivity index (χ3v) is 3.98. The van der Waals surface area contributed by atoms with Gasteiger partial charge in [0.05, 0.1) is 11.6 Å². The van der Waals surface area contributed by atoms with Gasteiger partial charge in [-0.15, -0.1) is 0 Å². The van der Waals surface area contributed by atoms with E-state index in [1.807, 2.05) is 42.5 Å². The summed E-state index contributed by atoms with van der Waals surface area (Å²) < 4.78 is 0.967. The lowest BCUT2D eigenvalue weighted by atomic mass is 9.96. The van der Waals surface area contributed by atoms with Gasteiger partial charge in [0.2, 0.25) is 0 Å². The van der Waals surface area contributed by atoms with E-state index in [9.17, 15) is 0 Å². The molecule has 0 radical (unpaired) electrons. The van der Waals surface area contributed by atoms with Crippen LogP contribution < -0.4 is 17.0 Å². The van der Waals surface area contributed by atoms with Gasteiger partial charge in [-0.2, -0.15) is 0 Å². The summed E-state index contributed by atoms with van der Waals surface area (Å²) in [5.74, 6) is 5.76. The first kappa shape index (κ1) is 14.0. The molecule has 0 saturated carbocycles. The minimum absolute atomic E-state index is 0.174. The number of nitrogens with one attached hydrogen (secondary N) is 1. The Labute approximate surface area is 131 Å². The van der Waals surface area contributed by atoms with Crippen LogP contribution in [-0.2, 0) is 0 Å². The summed E-state index contributed by atoms with van der Waals surface area (Å²) in [6.45, 7) is 0. The maximum atomic E-state index is 6.09. The molecule has 2 aromatic carbocycles. The summed E-state index contributed by atoms with van der Waals surface area (Å²) in [5.41, 5.74) is 12.6. The zero-order chi connectivity index (χ0) is 14.8. The molecule has 5 heteroatoms. The van der Waals surface area contributed by atoms with Gasteiger partial charge in [-0.05, 0) is 47.5 Å². The zero-order valence-electron chi connectivity index (χ0n) is 11.3. The van der Waals surface area contributed by atoms with E-state index in [1.54, 1.807) is 6.20 Å². The fourth-order valence-corrected chi connectivity index (χ4v) is 2.81. The predicted molar refractivity (Wildman–Crippen MR) is 89.5 cm³/mol. The van der Waals surface area contributed by atoms with Gasteiger partial charge in [0, 0.05) is 21.7 Å². The molecule has 0 fully saturated rings. The molecule has 1 heterocycles. The average molecular weight is 343 g/mol. The quantitative estimate of drug-likeness (QED) is 0.388. The van der Waals surface area contributed by atoms with Crippen LogP contribution in [0.25, 0.3) is 10.9 Å². The van der Waals surface area contributed by atoms with E-state index in [4.69, 9.17) is 11.6 Å². The predicted octanol–water partition coefficient (Wildman–Crippen LogP) is 3.13. The van der Waals surface area contributed by atoms with E-state index in [-0.39, 0.29) is 6.04 Å². The number of pyridine rings is 1. The van der Waals surface area contributed by atoms with Crippen molar-refractivity contribution in [3.8, 4) is 0 Å². The Balaban J connectivity index is 2.11. The number of nitrogen functional groups attached to an aromatic ring is 1. The molecule has 5 N–H and O–H groups in total. The minimum Gasteiger partial charge on any atom is -0.398 e. The maximum absolute atomic E-state index is 6.09. The summed E-state index contributed by atoms with van der Waals surface area (Å²) in [5, 5.41) is 1.07. The minimum atomic E-state index is -0.174. The number of hydrogen-bond donors (Lipinski definition) is 3. The van der Waals surface area contributed by atoms with Gasteiger partial charge in [-0.25, -0.2) is 5.43 Å². The summed E-state index contributed by atoms with van der Waals surface area (Å²) in [6.07, 6.45) is 1.78. The maximum Gasteiger partial charge on any atom is 0.0730 e. The van der Waals surface area contributed by atoms with Crippen LogP contribution in [0.4, 0.5) is 5.69 Å². The number of anilines is 1. The van der Waals surface area contributed by atoms with E-state index in [0.29, 0.717) is 5.69 Å². The van der Waals surface area contributed by atoms with Crippen LogP contribution >= 0.6 is 15.9 Å². The number of halogens is 1. The van der Waals surface area contributed by atoms with Crippen LogP contribution in [0.2, 0.25) is 0 Å². The Morgan fingerprint density at radius 1 is 1.10 bits per heavy atom. The summed E-state index contributed by atoms with van der Waals surface area (Å²) in [4.78, 5) is 4.33. The van der Waals surface area contributed by atoms with Crippen LogP contribution in [0.3, 0.4) is 0 Å². The van der Waals surface area contributed by atoms with Crippen molar-refractivity contribution in [3.63, 3.8) is 0 Å². The second-order valence-corrected chi connectivity index (χ2v) is 5.74. The SMILES string of the molecule is NNC(c1ccc2ncccc2c1)c1cc(Br)ccc1N. The number of nitrogens with zero attached hydrogens (tertiary/aromatic N) is 1. The smallest absolute Gasteiger partial charge is 0.0730 e. The second kappa shape index (κ2) is 5.81. The lowest BCUT2D eigenvalue weighted by Gasteiger charge is -2.19. The molecule has 0 aliphatic carbocycles. The Kier molecular flexibility index (Phi) is 3.88. The number of nitrogens with two attached hydrogens (primary N) is 2. The molecule has 1 unspecified atom stereocenters. The standard InChI is InChI=1S/C16H15BrN4/c17-12-4-5-14(18)13(9-12)16(21-19)11-3-6-15-10(8-11)2-1-7-20-15/h1-9,16,21H,18-19H2. The molecule has 1 atom stereocenters. The molecule has 106 valence electrons. The Hall–Kier alpha value is -1.95. The number of rotatable bonds is 3. The van der Waals surface area contributed by atoms with Crippen LogP contribution in [0.5, 0.6) is 0 Å². The third kappa shape index (κ3) is 2.76. The van der Waals surface area contributed by atoms with E-state index < -0.39 is 0 Å². The molecular weight excluding hydrogens is 328 g/mol. The first-order valence-electron chi connectivity index (χ1n) is 6.55. The summed E-state index contributed by atoms with van der Waals surface area (Å²) in [7, 11) is 0. The lowest BCUT2D eigenvalue weighted by Crippen LogP contribution is -2.29. The number of benzene rings is 2. The fraction of sp³-hybridized carbons (Fsp3) is 0.0625. The van der Waals surface area contributed by atoms with Crippen LogP contribution in [0, 0.1) is 0 Å². The Morgan fingerprint density at radius 3 is 2.76 bits per heavy atom. The van der Waals surface area contributed by atoms with Crippen molar-refractivity contribution in [1.82, 2.24) is 10.4 Å². The molecule has 0 saturated heterocycles. The molecule has 0 bridgehead atoms. The number of hydrogen-bond acceptors (Lipinski definition) is 4. The first-order chi connectivity index (χ1) is 10.2. The van der Waals surface area contributed by atoms with E-state index in [2.05, 4.69) is 32.4 Å². The first-order valence-corrected chi connectivity index (χ1v) is 7.34. The zero-order valence-corrected chi connectivity index (χ0v) is 12.8. The van der Waals surface area contributed by atoms with Crippen LogP contribution in [0.15, 0.2) is 59.2 Å². The molecule has 0 amide bonds. The van der Waals surface area contributed by atoms with Gasteiger partial charge >= 0.3 is 0 Å². The van der Waals surface area contributed by atoms with Crippen LogP contribution in [0.1, 0.15) is 17.2 Å². The molecule has 1 aromatic heterocycles. The Morgan fingerprint density at radius 2 is 1.95 bits per heavy atom. The van der Waals surface area contributed by atoms with Crippen molar-refractivity contribution in [2.45, 2.75) is 6.04 Å². The van der Waals surface area contributed by atoms with Crippen molar-refractivity contribution in [1.29, 1.82) is 0 Å². The monoisotopic (exact) mass is 342 g/mol. The van der Waals surface area contributed by atoms with Gasteiger partial charge in [-0.3, -0.25) is 10.8 Å². The second-order valence-electron chi connectivity index (χ2n) is 4.83. The van der Waals surface area contributed by atoms with E-state index in [0.717, 1.165) is 26.5 Å². The highest BCUT2D eigenvalue weighted by Crippen LogP contribution is 2.30. The van der Waals surface area contributed by atoms with E-state index >= 15 is 0 Å². The van der Waals surface area contributed by atoms with Crippen molar-refractivity contribution in [2.24, 2.45) is 5.84 Å². The van der Waals surface area contributed by atoms with Gasteiger partial charge in [0.1, 0.15) is 0 Å². The number of aromatic nitrogens is 1. The van der Waals surface area contributed by atoms with Crippen molar-refractivity contribution >= 4 is 32.5 Å². The summed E-state index contributed by atoms with van der Waals surface area (Å²) >= 11 is 3.47. The van der Waals surface area contributed by atoms with Gasteiger partial charge < -0.3 is 5.73 Å². The highest BCUT2D eigenvalue weighted by Gasteiger charge is 2.16. The molecule has 0 spiro atoms. The largest absolute Gasteiger partial charge is 0.398 e. The van der Waals surface area contributed by atoms with Gasteiger partial charge in [0.25, 0.3) is 0 Å². The normalized spacial score (nSPS) is 12.5. The fourth-order valence-electron chi connectivity index (χ4n) is 2.43. The highest BCUT2D eigenvalue weighted by atomic mass is 79.9.